The first kappa shape index (κ1) is 25.3. The van der Waals surface area contributed by atoms with Crippen molar-refractivity contribution in [3.63, 3.8) is 0 Å². The molecule has 27 heavy (non-hydrogen) atoms. The minimum Gasteiger partial charge on any atom is -0.489 e. The second-order valence-corrected chi connectivity index (χ2v) is 7.05. The molecular formula is C19H33IN4O3. The van der Waals surface area contributed by atoms with E-state index in [1.165, 1.54) is 5.56 Å². The Morgan fingerprint density at radius 2 is 1.70 bits per heavy atom. The number of nitrogens with one attached hydrogen (secondary N) is 3. The molecule has 0 spiro atoms. The van der Waals surface area contributed by atoms with Gasteiger partial charge in [0.1, 0.15) is 17.5 Å². The quantitative estimate of drug-likeness (QED) is 0.236. The Morgan fingerprint density at radius 3 is 2.26 bits per heavy atom. The molecule has 154 valence electrons. The molecule has 0 saturated heterocycles. The number of aliphatic imine (C=N–C) groups is 1. The lowest BCUT2D eigenvalue weighted by Crippen LogP contribution is -2.44. The molecule has 0 fully saturated rings. The summed E-state index contributed by atoms with van der Waals surface area (Å²) >= 11 is 0. The minimum absolute atomic E-state index is 0. The molecule has 1 aromatic carbocycles. The Hall–Kier alpha value is -1.71. The summed E-state index contributed by atoms with van der Waals surface area (Å²) in [5.74, 6) is 1.49. The summed E-state index contributed by atoms with van der Waals surface area (Å²) in [7, 11) is 1.70. The van der Waals surface area contributed by atoms with Crippen molar-refractivity contribution in [2.24, 2.45) is 4.99 Å². The van der Waals surface area contributed by atoms with Gasteiger partial charge in [0.15, 0.2) is 5.96 Å². The van der Waals surface area contributed by atoms with Gasteiger partial charge in [-0.2, -0.15) is 0 Å². The standard InChI is InChI=1S/C19H32N4O3.HI/c1-14-7-9-16(10-8-14)25-15(2)13-23-17(20-6)21-11-12-22-18(24)26-19(3,4)5;/h7-10,15H,11-13H2,1-6H3,(H,22,24)(H2,20,21,23);1H. The highest BCUT2D eigenvalue weighted by Gasteiger charge is 2.15. The van der Waals surface area contributed by atoms with Crippen LogP contribution in [0.2, 0.25) is 0 Å². The summed E-state index contributed by atoms with van der Waals surface area (Å²) in [5.41, 5.74) is 0.704. The minimum atomic E-state index is -0.497. The smallest absolute Gasteiger partial charge is 0.407 e. The number of hydrogen-bond acceptors (Lipinski definition) is 4. The van der Waals surface area contributed by atoms with Crippen LogP contribution in [0.3, 0.4) is 0 Å². The first-order valence-electron chi connectivity index (χ1n) is 8.84. The third kappa shape index (κ3) is 12.3. The van der Waals surface area contributed by atoms with E-state index in [0.717, 1.165) is 5.75 Å². The average molecular weight is 492 g/mol. The van der Waals surface area contributed by atoms with E-state index in [1.54, 1.807) is 7.05 Å². The van der Waals surface area contributed by atoms with Crippen molar-refractivity contribution < 1.29 is 14.3 Å². The highest BCUT2D eigenvalue weighted by Crippen LogP contribution is 2.12. The van der Waals surface area contributed by atoms with Gasteiger partial charge < -0.3 is 25.4 Å². The molecule has 1 rings (SSSR count). The first-order chi connectivity index (χ1) is 12.2. The second-order valence-electron chi connectivity index (χ2n) is 7.05. The van der Waals surface area contributed by atoms with E-state index in [2.05, 4.69) is 20.9 Å². The van der Waals surface area contributed by atoms with E-state index in [0.29, 0.717) is 25.6 Å². The van der Waals surface area contributed by atoms with Crippen LogP contribution in [0.25, 0.3) is 0 Å². The fourth-order valence-corrected chi connectivity index (χ4v) is 2.01. The lowest BCUT2D eigenvalue weighted by atomic mass is 10.2. The Balaban J connectivity index is 0.00000676. The largest absolute Gasteiger partial charge is 0.489 e. The first-order valence-corrected chi connectivity index (χ1v) is 8.84. The van der Waals surface area contributed by atoms with E-state index in [1.807, 2.05) is 58.9 Å². The van der Waals surface area contributed by atoms with Crippen LogP contribution < -0.4 is 20.7 Å². The molecule has 1 aromatic rings. The van der Waals surface area contributed by atoms with E-state index in [-0.39, 0.29) is 30.1 Å². The number of alkyl carbamates (subject to hydrolysis) is 1. The predicted molar refractivity (Wildman–Crippen MR) is 120 cm³/mol. The van der Waals surface area contributed by atoms with Gasteiger partial charge in [0.25, 0.3) is 0 Å². The van der Waals surface area contributed by atoms with Crippen LogP contribution in [-0.2, 0) is 4.74 Å². The van der Waals surface area contributed by atoms with Crippen LogP contribution >= 0.6 is 24.0 Å². The lowest BCUT2D eigenvalue weighted by molar-refractivity contribution is 0.0529. The molecule has 0 bridgehead atoms. The number of benzene rings is 1. The maximum atomic E-state index is 11.6. The molecule has 0 aliphatic rings. The fraction of sp³-hybridized carbons (Fsp3) is 0.579. The third-order valence-electron chi connectivity index (χ3n) is 3.22. The molecule has 8 heteroatoms. The molecule has 1 atom stereocenters. The maximum absolute atomic E-state index is 11.6. The van der Waals surface area contributed by atoms with Crippen LogP contribution in [0.5, 0.6) is 5.75 Å². The lowest BCUT2D eigenvalue weighted by Gasteiger charge is -2.20. The van der Waals surface area contributed by atoms with Gasteiger partial charge in [-0.1, -0.05) is 17.7 Å². The summed E-state index contributed by atoms with van der Waals surface area (Å²) < 4.78 is 11.0. The number of carbonyl (C=O) groups is 1. The number of hydrogen-bond donors (Lipinski definition) is 3. The Labute approximate surface area is 179 Å². The number of rotatable bonds is 7. The number of nitrogens with zero attached hydrogens (tertiary/aromatic N) is 1. The summed E-state index contributed by atoms with van der Waals surface area (Å²) in [4.78, 5) is 15.7. The highest BCUT2D eigenvalue weighted by atomic mass is 127. The van der Waals surface area contributed by atoms with Gasteiger partial charge in [0.2, 0.25) is 0 Å². The van der Waals surface area contributed by atoms with Crippen LogP contribution in [-0.4, -0.2) is 50.4 Å². The van der Waals surface area contributed by atoms with Gasteiger partial charge in [0.05, 0.1) is 6.54 Å². The molecule has 1 unspecified atom stereocenters. The van der Waals surface area contributed by atoms with Crippen molar-refractivity contribution in [2.75, 3.05) is 26.7 Å². The van der Waals surface area contributed by atoms with E-state index >= 15 is 0 Å². The number of amides is 1. The zero-order chi connectivity index (χ0) is 19.6. The summed E-state index contributed by atoms with van der Waals surface area (Å²) in [6.07, 6.45) is -0.446. The summed E-state index contributed by atoms with van der Waals surface area (Å²) in [6.45, 7) is 11.1. The van der Waals surface area contributed by atoms with E-state index in [4.69, 9.17) is 9.47 Å². The maximum Gasteiger partial charge on any atom is 0.407 e. The van der Waals surface area contributed by atoms with Gasteiger partial charge >= 0.3 is 6.09 Å². The van der Waals surface area contributed by atoms with Crippen molar-refractivity contribution in [3.8, 4) is 5.75 Å². The zero-order valence-electron chi connectivity index (χ0n) is 17.1. The van der Waals surface area contributed by atoms with Gasteiger partial charge in [-0.25, -0.2) is 4.79 Å². The Kier molecular flexibility index (Phi) is 11.8. The monoisotopic (exact) mass is 492 g/mol. The SMILES string of the molecule is CN=C(NCCNC(=O)OC(C)(C)C)NCC(C)Oc1ccc(C)cc1.I. The van der Waals surface area contributed by atoms with Gasteiger partial charge in [-0.05, 0) is 46.8 Å². The van der Waals surface area contributed by atoms with Crippen molar-refractivity contribution in [1.29, 1.82) is 0 Å². The van der Waals surface area contributed by atoms with Crippen LogP contribution in [0, 0.1) is 6.92 Å². The number of aryl methyl sites for hydroxylation is 1. The predicted octanol–water partition coefficient (Wildman–Crippen LogP) is 3.07. The number of guanidine groups is 1. The van der Waals surface area contributed by atoms with Crippen molar-refractivity contribution in [3.05, 3.63) is 29.8 Å². The number of carbonyl (C=O) groups excluding carboxylic acids is 1. The molecule has 0 aliphatic carbocycles. The van der Waals surface area contributed by atoms with Crippen molar-refractivity contribution in [1.82, 2.24) is 16.0 Å². The third-order valence-corrected chi connectivity index (χ3v) is 3.22. The molecule has 0 aromatic heterocycles. The summed E-state index contributed by atoms with van der Waals surface area (Å²) in [5, 5.41) is 9.01. The molecular weight excluding hydrogens is 459 g/mol. The molecule has 3 N–H and O–H groups in total. The van der Waals surface area contributed by atoms with Crippen molar-refractivity contribution in [2.45, 2.75) is 46.3 Å². The van der Waals surface area contributed by atoms with Crippen LogP contribution in [0.1, 0.15) is 33.3 Å². The van der Waals surface area contributed by atoms with Gasteiger partial charge in [-0.15, -0.1) is 24.0 Å². The molecule has 0 radical (unpaired) electrons. The highest BCUT2D eigenvalue weighted by molar-refractivity contribution is 14.0. The molecule has 0 heterocycles. The van der Waals surface area contributed by atoms with Crippen LogP contribution in [0.15, 0.2) is 29.3 Å². The fourth-order valence-electron chi connectivity index (χ4n) is 2.01. The number of ether oxygens (including phenoxy) is 2. The molecule has 0 saturated carbocycles. The van der Waals surface area contributed by atoms with Crippen molar-refractivity contribution >= 4 is 36.0 Å². The normalized spacial score (nSPS) is 12.4. The van der Waals surface area contributed by atoms with E-state index < -0.39 is 11.7 Å². The molecule has 1 amide bonds. The average Bonchev–Trinajstić information content (AvgIpc) is 2.54. The van der Waals surface area contributed by atoms with Gasteiger partial charge in [-0.3, -0.25) is 4.99 Å². The summed E-state index contributed by atoms with van der Waals surface area (Å²) in [6, 6.07) is 7.96. The zero-order valence-corrected chi connectivity index (χ0v) is 19.4. The second kappa shape index (κ2) is 12.6. The van der Waals surface area contributed by atoms with Gasteiger partial charge in [0, 0.05) is 20.1 Å². The Morgan fingerprint density at radius 1 is 1.11 bits per heavy atom. The topological polar surface area (TPSA) is 84.0 Å². The number of halogens is 1. The Bertz CT molecular complexity index is 586. The molecule has 7 nitrogen and oxygen atoms in total. The molecule has 0 aliphatic heterocycles. The van der Waals surface area contributed by atoms with Crippen LogP contribution in [0.4, 0.5) is 4.79 Å². The van der Waals surface area contributed by atoms with E-state index in [9.17, 15) is 4.79 Å².